The summed E-state index contributed by atoms with van der Waals surface area (Å²) in [6, 6.07) is 14.9. The van der Waals surface area contributed by atoms with Crippen molar-refractivity contribution in [2.24, 2.45) is 11.8 Å². The summed E-state index contributed by atoms with van der Waals surface area (Å²) in [6.07, 6.45) is 5.63. The van der Waals surface area contributed by atoms with E-state index in [1.54, 1.807) is 11.3 Å². The number of fused-ring (bicyclic) bond motifs is 1. The molecule has 300 valence electrons. The first-order valence-electron chi connectivity index (χ1n) is 19.5. The lowest BCUT2D eigenvalue weighted by atomic mass is 9.98. The standard InChI is InChI=1S/C42H50N8O6S/c1-23(2)35(47-41(53)55-5)39(51)49-19-9-15-31(49)37-43-21-29(45-37)27-13-7-12-26-25(27)11-8-14-28(26)33-17-18-34(57-33)30-22-44-38(46-30)32-16-10-20-50(32)40(52)36(24(3)4)48-42(54)56-6/h7-8,11-14,17-18,21-24,31-32,35-36H,9-10,15-16,19-20H2,1-6H3,(H,43,45)(H,44,46)(H,47,53)(H,48,54). The fourth-order valence-corrected chi connectivity index (χ4v) is 9.06. The summed E-state index contributed by atoms with van der Waals surface area (Å²) < 4.78 is 9.56. The average molecular weight is 795 g/mol. The average Bonchev–Trinajstić information content (AvgIpc) is 4.06. The molecule has 2 aromatic carbocycles. The molecule has 0 aliphatic carbocycles. The second-order valence-electron chi connectivity index (χ2n) is 15.3. The molecule has 2 saturated heterocycles. The van der Waals surface area contributed by atoms with Crippen molar-refractivity contribution in [2.75, 3.05) is 27.3 Å². The van der Waals surface area contributed by atoms with E-state index < -0.39 is 24.3 Å². The van der Waals surface area contributed by atoms with Crippen LogP contribution < -0.4 is 10.6 Å². The number of nitrogens with one attached hydrogen (secondary N) is 4. The lowest BCUT2D eigenvalue weighted by Crippen LogP contribution is -2.51. The Hall–Kier alpha value is -5.70. The van der Waals surface area contributed by atoms with Gasteiger partial charge in [-0.25, -0.2) is 19.6 Å². The molecule has 15 heteroatoms. The summed E-state index contributed by atoms with van der Waals surface area (Å²) >= 11 is 1.66. The fourth-order valence-electron chi connectivity index (χ4n) is 8.05. The Morgan fingerprint density at radius 3 is 1.68 bits per heavy atom. The highest BCUT2D eigenvalue weighted by Crippen LogP contribution is 2.41. The van der Waals surface area contributed by atoms with Crippen LogP contribution in [0.5, 0.6) is 0 Å². The van der Waals surface area contributed by atoms with Gasteiger partial charge in [-0.2, -0.15) is 0 Å². The van der Waals surface area contributed by atoms with Crippen molar-refractivity contribution in [1.29, 1.82) is 0 Å². The highest BCUT2D eigenvalue weighted by molar-refractivity contribution is 7.18. The Kier molecular flexibility index (Phi) is 11.7. The van der Waals surface area contributed by atoms with Crippen LogP contribution in [0.2, 0.25) is 0 Å². The Morgan fingerprint density at radius 1 is 0.684 bits per heavy atom. The summed E-state index contributed by atoms with van der Waals surface area (Å²) in [5.74, 6) is 0.924. The van der Waals surface area contributed by atoms with E-state index in [2.05, 4.69) is 63.1 Å². The van der Waals surface area contributed by atoms with Crippen molar-refractivity contribution >= 4 is 46.1 Å². The Labute approximate surface area is 335 Å². The second-order valence-corrected chi connectivity index (χ2v) is 16.4. The van der Waals surface area contributed by atoms with Crippen molar-refractivity contribution in [2.45, 2.75) is 77.5 Å². The number of carbonyl (C=O) groups is 4. The van der Waals surface area contributed by atoms with Crippen LogP contribution in [0.15, 0.2) is 60.9 Å². The van der Waals surface area contributed by atoms with Gasteiger partial charge in [-0.1, -0.05) is 64.1 Å². The maximum Gasteiger partial charge on any atom is 0.407 e. The first-order valence-corrected chi connectivity index (χ1v) is 20.3. The Balaban J connectivity index is 1.11. The van der Waals surface area contributed by atoms with Gasteiger partial charge in [0.1, 0.15) is 23.7 Å². The first kappa shape index (κ1) is 39.5. The van der Waals surface area contributed by atoms with Gasteiger partial charge >= 0.3 is 12.2 Å². The molecular formula is C42H50N8O6S. The van der Waals surface area contributed by atoms with Gasteiger partial charge in [-0.15, -0.1) is 11.3 Å². The number of hydrogen-bond acceptors (Lipinski definition) is 9. The smallest absolute Gasteiger partial charge is 0.407 e. The Morgan fingerprint density at radius 2 is 1.16 bits per heavy atom. The third-order valence-corrected chi connectivity index (χ3v) is 12.2. The van der Waals surface area contributed by atoms with E-state index in [9.17, 15) is 19.2 Å². The number of aromatic nitrogens is 4. The molecule has 5 aromatic rings. The molecule has 0 saturated carbocycles. The summed E-state index contributed by atoms with van der Waals surface area (Å²) in [5.41, 5.74) is 3.83. The van der Waals surface area contributed by atoms with Crippen LogP contribution in [0, 0.1) is 11.8 Å². The van der Waals surface area contributed by atoms with E-state index in [0.717, 1.165) is 74.5 Å². The maximum atomic E-state index is 13.7. The molecule has 57 heavy (non-hydrogen) atoms. The molecule has 0 radical (unpaired) electrons. The van der Waals surface area contributed by atoms with Gasteiger partial charge in [0.25, 0.3) is 0 Å². The molecule has 4 unspecified atom stereocenters. The fraction of sp³-hybridized carbons (Fsp3) is 0.429. The molecule has 2 aliphatic heterocycles. The number of amides is 4. The number of imidazole rings is 2. The summed E-state index contributed by atoms with van der Waals surface area (Å²) in [5, 5.41) is 7.58. The number of H-pyrrole nitrogens is 2. The zero-order chi connectivity index (χ0) is 40.4. The first-order chi connectivity index (χ1) is 27.5. The van der Waals surface area contributed by atoms with Crippen LogP contribution in [0.25, 0.3) is 43.0 Å². The number of thiophene rings is 1. The van der Waals surface area contributed by atoms with Gasteiger partial charge in [0, 0.05) is 23.5 Å². The van der Waals surface area contributed by atoms with Crippen molar-refractivity contribution < 1.29 is 28.7 Å². The molecule has 7 rings (SSSR count). The molecule has 5 heterocycles. The normalized spacial score (nSPS) is 18.0. The summed E-state index contributed by atoms with van der Waals surface area (Å²) in [4.78, 5) is 73.7. The topological polar surface area (TPSA) is 175 Å². The van der Waals surface area contributed by atoms with Gasteiger partial charge in [0.2, 0.25) is 11.8 Å². The molecule has 0 bridgehead atoms. The molecular weight excluding hydrogens is 745 g/mol. The van der Waals surface area contributed by atoms with E-state index >= 15 is 0 Å². The van der Waals surface area contributed by atoms with E-state index in [1.165, 1.54) is 14.2 Å². The number of ether oxygens (including phenoxy) is 2. The monoisotopic (exact) mass is 794 g/mol. The van der Waals surface area contributed by atoms with E-state index in [1.807, 2.05) is 56.0 Å². The van der Waals surface area contributed by atoms with E-state index in [4.69, 9.17) is 19.4 Å². The van der Waals surface area contributed by atoms with Crippen LogP contribution in [-0.2, 0) is 19.1 Å². The summed E-state index contributed by atoms with van der Waals surface area (Å²) in [6.45, 7) is 8.79. The number of benzene rings is 2. The minimum Gasteiger partial charge on any atom is -0.453 e. The molecule has 2 aliphatic rings. The lowest BCUT2D eigenvalue weighted by molar-refractivity contribution is -0.136. The quantitative estimate of drug-likeness (QED) is 0.107. The Bertz CT molecular complexity index is 2260. The largest absolute Gasteiger partial charge is 0.453 e. The van der Waals surface area contributed by atoms with Crippen LogP contribution in [0.3, 0.4) is 0 Å². The van der Waals surface area contributed by atoms with Crippen molar-refractivity contribution in [3.8, 4) is 32.3 Å². The molecule has 4 atom stereocenters. The zero-order valence-electron chi connectivity index (χ0n) is 33.1. The predicted octanol–water partition coefficient (Wildman–Crippen LogP) is 7.44. The molecule has 3 aromatic heterocycles. The number of nitrogens with zero attached hydrogens (tertiary/aromatic N) is 4. The highest BCUT2D eigenvalue weighted by Gasteiger charge is 2.39. The minimum atomic E-state index is -0.703. The second kappa shape index (κ2) is 16.8. The van der Waals surface area contributed by atoms with E-state index in [0.29, 0.717) is 18.9 Å². The van der Waals surface area contributed by atoms with Crippen molar-refractivity contribution in [3.05, 3.63) is 72.6 Å². The SMILES string of the molecule is COC(=O)NC(C(=O)N1CCCC1c1ncc(-c2ccc(-c3cccc4c(-c5cnc(C6CCCN6C(=O)C(NC(=O)OC)C(C)C)[nH]5)cccc34)s2)[nH]1)C(C)C. The predicted molar refractivity (Wildman–Crippen MR) is 218 cm³/mol. The summed E-state index contributed by atoms with van der Waals surface area (Å²) in [7, 11) is 2.58. The van der Waals surface area contributed by atoms with Gasteiger partial charge in [0.15, 0.2) is 0 Å². The number of alkyl carbamates (subject to hydrolysis) is 2. The number of carbonyl (C=O) groups excluding carboxylic acids is 4. The van der Waals surface area contributed by atoms with Gasteiger partial charge < -0.3 is 39.9 Å². The van der Waals surface area contributed by atoms with Crippen molar-refractivity contribution in [1.82, 2.24) is 40.4 Å². The molecule has 0 spiro atoms. The molecule has 4 amide bonds. The number of rotatable bonds is 11. The lowest BCUT2D eigenvalue weighted by Gasteiger charge is -2.30. The van der Waals surface area contributed by atoms with Gasteiger partial charge in [-0.05, 0) is 66.0 Å². The van der Waals surface area contributed by atoms with Gasteiger partial charge in [-0.3, -0.25) is 9.59 Å². The number of hydrogen-bond donors (Lipinski definition) is 4. The van der Waals surface area contributed by atoms with Gasteiger partial charge in [0.05, 0.1) is 55.0 Å². The molecule has 2 fully saturated rings. The zero-order valence-corrected chi connectivity index (χ0v) is 33.9. The van der Waals surface area contributed by atoms with Crippen LogP contribution in [0.1, 0.15) is 77.1 Å². The number of methoxy groups -OCH3 is 2. The van der Waals surface area contributed by atoms with Crippen LogP contribution in [-0.4, -0.2) is 93.1 Å². The minimum absolute atomic E-state index is 0.112. The maximum absolute atomic E-state index is 13.7. The highest BCUT2D eigenvalue weighted by atomic mass is 32.1. The number of likely N-dealkylation sites (tertiary alicyclic amines) is 2. The van der Waals surface area contributed by atoms with E-state index in [-0.39, 0.29) is 35.7 Å². The third-order valence-electron chi connectivity index (χ3n) is 11.0. The molecule has 14 nitrogen and oxygen atoms in total. The van der Waals surface area contributed by atoms with Crippen LogP contribution in [0.4, 0.5) is 9.59 Å². The van der Waals surface area contributed by atoms with Crippen molar-refractivity contribution in [3.63, 3.8) is 0 Å². The van der Waals surface area contributed by atoms with Crippen LogP contribution >= 0.6 is 11.3 Å². The number of aromatic amines is 2. The molecule has 4 N–H and O–H groups in total. The third kappa shape index (κ3) is 7.98.